The minimum atomic E-state index is -0.625. The molecule has 0 bridgehead atoms. The zero-order chi connectivity index (χ0) is 10.1. The molecule has 1 atom stereocenters. The molecule has 1 aliphatic rings. The van der Waals surface area contributed by atoms with Crippen molar-refractivity contribution in [3.63, 3.8) is 0 Å². The van der Waals surface area contributed by atoms with E-state index < -0.39 is 11.9 Å². The van der Waals surface area contributed by atoms with Crippen LogP contribution in [-0.2, 0) is 0 Å². The molecular weight excluding hydrogens is 251 g/mol. The quantitative estimate of drug-likeness (QED) is 0.778. The van der Waals surface area contributed by atoms with Crippen molar-refractivity contribution in [3.8, 4) is 5.75 Å². The van der Waals surface area contributed by atoms with Crippen LogP contribution >= 0.6 is 15.9 Å². The molecule has 1 N–H and O–H groups in total. The molecular formula is C10H10BrFO2. The molecule has 14 heavy (non-hydrogen) atoms. The van der Waals surface area contributed by atoms with Gasteiger partial charge in [0.1, 0.15) is 0 Å². The molecule has 0 radical (unpaired) electrons. The number of aliphatic hydroxyl groups is 1. The van der Waals surface area contributed by atoms with E-state index in [1.807, 2.05) is 0 Å². The second-order valence-corrected chi connectivity index (χ2v) is 4.23. The molecule has 1 aliphatic heterocycles. The maximum atomic E-state index is 13.4. The first kappa shape index (κ1) is 9.93. The van der Waals surface area contributed by atoms with Gasteiger partial charge in [-0.25, -0.2) is 4.39 Å². The topological polar surface area (TPSA) is 29.5 Å². The van der Waals surface area contributed by atoms with E-state index in [0.717, 1.165) is 6.42 Å². The summed E-state index contributed by atoms with van der Waals surface area (Å²) in [5, 5.41) is 9.72. The van der Waals surface area contributed by atoms with Crippen molar-refractivity contribution in [2.75, 3.05) is 6.61 Å². The molecule has 0 spiro atoms. The van der Waals surface area contributed by atoms with Crippen molar-refractivity contribution < 1.29 is 14.2 Å². The molecule has 0 fully saturated rings. The van der Waals surface area contributed by atoms with Gasteiger partial charge in [0.2, 0.25) is 0 Å². The molecule has 0 saturated carbocycles. The van der Waals surface area contributed by atoms with E-state index >= 15 is 0 Å². The van der Waals surface area contributed by atoms with Crippen LogP contribution in [0.25, 0.3) is 0 Å². The molecule has 76 valence electrons. The molecule has 1 aromatic rings. The highest BCUT2D eigenvalue weighted by molar-refractivity contribution is 9.10. The van der Waals surface area contributed by atoms with Gasteiger partial charge >= 0.3 is 0 Å². The summed E-state index contributed by atoms with van der Waals surface area (Å²) in [5.41, 5.74) is 0.536. The van der Waals surface area contributed by atoms with Crippen molar-refractivity contribution >= 4 is 15.9 Å². The summed E-state index contributed by atoms with van der Waals surface area (Å²) in [6, 6.07) is 3.05. The highest BCUT2D eigenvalue weighted by Gasteiger charge is 2.21. The number of hydrogen-bond donors (Lipinski definition) is 1. The monoisotopic (exact) mass is 260 g/mol. The predicted octanol–water partition coefficient (Wildman–Crippen LogP) is 2.79. The van der Waals surface area contributed by atoms with Crippen LogP contribution in [0.1, 0.15) is 24.5 Å². The Morgan fingerprint density at radius 2 is 2.29 bits per heavy atom. The van der Waals surface area contributed by atoms with E-state index in [1.54, 1.807) is 6.07 Å². The fourth-order valence-electron chi connectivity index (χ4n) is 1.59. The van der Waals surface area contributed by atoms with Crippen LogP contribution in [0.4, 0.5) is 4.39 Å². The lowest BCUT2D eigenvalue weighted by atomic mass is 10.1. The standard InChI is InChI=1S/C10H10BrFO2/c11-6-4-7-9(13)2-1-3-14-10(7)8(12)5-6/h4-5,9,13H,1-3H2/t9-/m0/s1. The highest BCUT2D eigenvalue weighted by Crippen LogP contribution is 2.35. The van der Waals surface area contributed by atoms with E-state index in [2.05, 4.69) is 15.9 Å². The third-order valence-electron chi connectivity index (χ3n) is 2.26. The fourth-order valence-corrected chi connectivity index (χ4v) is 2.03. The maximum Gasteiger partial charge on any atom is 0.166 e. The van der Waals surface area contributed by atoms with Crippen LogP contribution in [-0.4, -0.2) is 11.7 Å². The SMILES string of the molecule is O[C@H]1CCCOc2c(F)cc(Br)cc21. The maximum absolute atomic E-state index is 13.4. The van der Waals surface area contributed by atoms with Crippen LogP contribution in [0.15, 0.2) is 16.6 Å². The molecule has 0 aliphatic carbocycles. The molecule has 4 heteroatoms. The molecule has 2 rings (SSSR count). The first-order valence-electron chi connectivity index (χ1n) is 4.48. The molecule has 1 aromatic carbocycles. The number of rotatable bonds is 0. The van der Waals surface area contributed by atoms with Crippen LogP contribution < -0.4 is 4.74 Å². The zero-order valence-corrected chi connectivity index (χ0v) is 9.05. The van der Waals surface area contributed by atoms with Gasteiger partial charge in [0.05, 0.1) is 12.7 Å². The third kappa shape index (κ3) is 1.77. The van der Waals surface area contributed by atoms with Crippen LogP contribution in [0.2, 0.25) is 0 Å². The van der Waals surface area contributed by atoms with Gasteiger partial charge in [-0.2, -0.15) is 0 Å². The first-order valence-corrected chi connectivity index (χ1v) is 5.27. The summed E-state index contributed by atoms with van der Waals surface area (Å²) in [5.74, 6) is -0.228. The van der Waals surface area contributed by atoms with Gasteiger partial charge in [0, 0.05) is 10.0 Å². The van der Waals surface area contributed by atoms with Gasteiger partial charge in [0.15, 0.2) is 11.6 Å². The average Bonchev–Trinajstić information content (AvgIpc) is 2.29. The third-order valence-corrected chi connectivity index (χ3v) is 2.72. The Balaban J connectivity index is 2.53. The van der Waals surface area contributed by atoms with Crippen molar-refractivity contribution in [3.05, 3.63) is 28.0 Å². The molecule has 0 unspecified atom stereocenters. The Morgan fingerprint density at radius 1 is 1.50 bits per heavy atom. The highest BCUT2D eigenvalue weighted by atomic mass is 79.9. The minimum Gasteiger partial charge on any atom is -0.490 e. The van der Waals surface area contributed by atoms with E-state index in [9.17, 15) is 9.50 Å². The summed E-state index contributed by atoms with van der Waals surface area (Å²) in [6.45, 7) is 0.461. The van der Waals surface area contributed by atoms with Crippen LogP contribution in [0.5, 0.6) is 5.75 Å². The van der Waals surface area contributed by atoms with Gasteiger partial charge in [-0.1, -0.05) is 15.9 Å². The molecule has 0 aromatic heterocycles. The van der Waals surface area contributed by atoms with Crippen LogP contribution in [0, 0.1) is 5.82 Å². The predicted molar refractivity (Wildman–Crippen MR) is 53.8 cm³/mol. The smallest absolute Gasteiger partial charge is 0.166 e. The van der Waals surface area contributed by atoms with E-state index in [0.29, 0.717) is 23.1 Å². The average molecular weight is 261 g/mol. The van der Waals surface area contributed by atoms with Crippen molar-refractivity contribution in [2.45, 2.75) is 18.9 Å². The number of benzene rings is 1. The Bertz CT molecular complexity index is 354. The second kappa shape index (κ2) is 3.87. The van der Waals surface area contributed by atoms with E-state index in [-0.39, 0.29) is 5.75 Å². The van der Waals surface area contributed by atoms with Gasteiger partial charge in [0.25, 0.3) is 0 Å². The van der Waals surface area contributed by atoms with Gasteiger partial charge < -0.3 is 9.84 Å². The number of ether oxygens (including phenoxy) is 1. The van der Waals surface area contributed by atoms with E-state index in [1.165, 1.54) is 6.07 Å². The van der Waals surface area contributed by atoms with E-state index in [4.69, 9.17) is 4.74 Å². The normalized spacial score (nSPS) is 20.9. The Morgan fingerprint density at radius 3 is 3.07 bits per heavy atom. The van der Waals surface area contributed by atoms with Gasteiger partial charge in [-0.05, 0) is 25.0 Å². The van der Waals surface area contributed by atoms with Gasteiger partial charge in [-0.15, -0.1) is 0 Å². The summed E-state index contributed by atoms with van der Waals surface area (Å²) >= 11 is 3.19. The fraction of sp³-hybridized carbons (Fsp3) is 0.400. The largest absolute Gasteiger partial charge is 0.490 e. The van der Waals surface area contributed by atoms with Crippen LogP contribution in [0.3, 0.4) is 0 Å². The zero-order valence-electron chi connectivity index (χ0n) is 7.46. The lowest BCUT2D eigenvalue weighted by molar-refractivity contribution is 0.167. The van der Waals surface area contributed by atoms with Crippen molar-refractivity contribution in [1.82, 2.24) is 0 Å². The number of fused-ring (bicyclic) bond motifs is 1. The van der Waals surface area contributed by atoms with Crippen molar-refractivity contribution in [2.24, 2.45) is 0 Å². The Kier molecular flexibility index (Phi) is 2.74. The summed E-state index contributed by atoms with van der Waals surface area (Å²) in [4.78, 5) is 0. The molecule has 1 heterocycles. The minimum absolute atomic E-state index is 0.193. The first-order chi connectivity index (χ1) is 6.68. The number of halogens is 2. The molecule has 2 nitrogen and oxygen atoms in total. The summed E-state index contributed by atoms with van der Waals surface area (Å²) in [6.07, 6.45) is 0.731. The van der Waals surface area contributed by atoms with Crippen molar-refractivity contribution in [1.29, 1.82) is 0 Å². The second-order valence-electron chi connectivity index (χ2n) is 3.31. The number of aliphatic hydroxyl groups excluding tert-OH is 1. The summed E-state index contributed by atoms with van der Waals surface area (Å²) in [7, 11) is 0. The Hall–Kier alpha value is -0.610. The number of hydrogen-bond acceptors (Lipinski definition) is 2. The Labute approximate surface area is 89.8 Å². The molecule has 0 amide bonds. The lowest BCUT2D eigenvalue weighted by Crippen LogP contribution is -1.99. The lowest BCUT2D eigenvalue weighted by Gasteiger charge is -2.11. The van der Waals surface area contributed by atoms with Gasteiger partial charge in [-0.3, -0.25) is 0 Å². The summed E-state index contributed by atoms with van der Waals surface area (Å²) < 4.78 is 19.3. The molecule has 0 saturated heterocycles.